The third kappa shape index (κ3) is 2.60. The van der Waals surface area contributed by atoms with Gasteiger partial charge in [-0.25, -0.2) is 9.78 Å². The van der Waals surface area contributed by atoms with E-state index >= 15 is 0 Å². The lowest BCUT2D eigenvalue weighted by atomic mass is 10.3. The Labute approximate surface area is 94.0 Å². The van der Waals surface area contributed by atoms with Crippen LogP contribution in [0.4, 0.5) is 0 Å². The molecule has 0 bridgehead atoms. The molecule has 1 N–H and O–H groups in total. The summed E-state index contributed by atoms with van der Waals surface area (Å²) in [6.45, 7) is 0. The van der Waals surface area contributed by atoms with E-state index < -0.39 is 5.97 Å². The van der Waals surface area contributed by atoms with E-state index in [1.165, 1.54) is 24.1 Å². The van der Waals surface area contributed by atoms with Crippen molar-refractivity contribution in [3.63, 3.8) is 0 Å². The highest BCUT2D eigenvalue weighted by atomic mass is 32.2. The van der Waals surface area contributed by atoms with Crippen LogP contribution in [-0.2, 0) is 5.75 Å². The van der Waals surface area contributed by atoms with E-state index in [1.807, 2.05) is 5.38 Å². The fourth-order valence-electron chi connectivity index (χ4n) is 0.983. The standard InChI is InChI=1S/C9H7NO3S2/c11-8(12)6-3-7(13-4-6)5-15-9-10-1-2-14-9/h1-4H,5H2,(H,11,12). The van der Waals surface area contributed by atoms with E-state index in [-0.39, 0.29) is 5.56 Å². The molecule has 6 heteroatoms. The maximum atomic E-state index is 10.6. The van der Waals surface area contributed by atoms with E-state index in [2.05, 4.69) is 4.98 Å². The molecular formula is C9H7NO3S2. The molecule has 0 aliphatic heterocycles. The number of furan rings is 1. The molecule has 0 atom stereocenters. The SMILES string of the molecule is O=C(O)c1coc(CSc2nccs2)c1. The molecule has 0 aromatic carbocycles. The number of thiazole rings is 1. The van der Waals surface area contributed by atoms with E-state index in [1.54, 1.807) is 17.5 Å². The number of carbonyl (C=O) groups is 1. The minimum atomic E-state index is -0.968. The fourth-order valence-corrected chi connectivity index (χ4v) is 2.51. The summed E-state index contributed by atoms with van der Waals surface area (Å²) in [6, 6.07) is 1.53. The van der Waals surface area contributed by atoms with Gasteiger partial charge < -0.3 is 9.52 Å². The second-order valence-corrected chi connectivity index (χ2v) is 4.81. The highest BCUT2D eigenvalue weighted by Crippen LogP contribution is 2.25. The molecule has 2 aromatic rings. The van der Waals surface area contributed by atoms with Crippen molar-refractivity contribution >= 4 is 29.1 Å². The minimum Gasteiger partial charge on any atom is -0.478 e. The molecule has 0 fully saturated rings. The van der Waals surface area contributed by atoms with Gasteiger partial charge in [0.05, 0.1) is 11.3 Å². The predicted molar refractivity (Wildman–Crippen MR) is 57.3 cm³/mol. The molecule has 78 valence electrons. The van der Waals surface area contributed by atoms with Crippen LogP contribution in [0.25, 0.3) is 0 Å². The molecule has 0 spiro atoms. The van der Waals surface area contributed by atoms with Gasteiger partial charge in [0.2, 0.25) is 0 Å². The normalized spacial score (nSPS) is 10.4. The van der Waals surface area contributed by atoms with Gasteiger partial charge >= 0.3 is 5.97 Å². The smallest absolute Gasteiger partial charge is 0.338 e. The summed E-state index contributed by atoms with van der Waals surface area (Å²) in [4.78, 5) is 14.7. The molecule has 0 aliphatic rings. The highest BCUT2D eigenvalue weighted by Gasteiger charge is 2.08. The summed E-state index contributed by atoms with van der Waals surface area (Å²) in [6.07, 6.45) is 2.98. The topological polar surface area (TPSA) is 63.3 Å². The molecule has 0 aliphatic carbocycles. The zero-order chi connectivity index (χ0) is 10.7. The first-order valence-corrected chi connectivity index (χ1v) is 5.95. The average Bonchev–Trinajstić information content (AvgIpc) is 2.86. The van der Waals surface area contributed by atoms with Crippen molar-refractivity contribution in [2.75, 3.05) is 0 Å². The quantitative estimate of drug-likeness (QED) is 0.834. The number of hydrogen-bond acceptors (Lipinski definition) is 5. The van der Waals surface area contributed by atoms with Crippen LogP contribution in [0, 0.1) is 0 Å². The van der Waals surface area contributed by atoms with Crippen molar-refractivity contribution in [2.24, 2.45) is 0 Å². The number of hydrogen-bond donors (Lipinski definition) is 1. The van der Waals surface area contributed by atoms with Crippen LogP contribution >= 0.6 is 23.1 Å². The second kappa shape index (κ2) is 4.50. The number of aromatic nitrogens is 1. The van der Waals surface area contributed by atoms with E-state index in [0.29, 0.717) is 11.5 Å². The highest BCUT2D eigenvalue weighted by molar-refractivity contribution is 8.00. The van der Waals surface area contributed by atoms with E-state index in [9.17, 15) is 4.79 Å². The van der Waals surface area contributed by atoms with Crippen molar-refractivity contribution in [3.05, 3.63) is 35.2 Å². The third-order valence-electron chi connectivity index (χ3n) is 1.65. The Balaban J connectivity index is 1.96. The Hall–Kier alpha value is -1.27. The van der Waals surface area contributed by atoms with E-state index in [4.69, 9.17) is 9.52 Å². The molecule has 0 unspecified atom stereocenters. The summed E-state index contributed by atoms with van der Waals surface area (Å²) in [7, 11) is 0. The summed E-state index contributed by atoms with van der Waals surface area (Å²) in [5, 5.41) is 10.6. The number of carboxylic acids is 1. The number of thioether (sulfide) groups is 1. The molecule has 2 aromatic heterocycles. The van der Waals surface area contributed by atoms with Crippen LogP contribution in [0.3, 0.4) is 0 Å². The van der Waals surface area contributed by atoms with Gasteiger partial charge in [-0.15, -0.1) is 11.3 Å². The van der Waals surface area contributed by atoms with Crippen molar-refractivity contribution in [2.45, 2.75) is 10.1 Å². The lowest BCUT2D eigenvalue weighted by Crippen LogP contribution is -1.91. The lowest BCUT2D eigenvalue weighted by Gasteiger charge is -1.91. The first-order chi connectivity index (χ1) is 7.25. The average molecular weight is 241 g/mol. The van der Waals surface area contributed by atoms with Gasteiger partial charge in [0, 0.05) is 11.6 Å². The molecule has 4 nitrogen and oxygen atoms in total. The number of carboxylic acid groups (broad SMARTS) is 1. The largest absolute Gasteiger partial charge is 0.478 e. The van der Waals surface area contributed by atoms with Crippen LogP contribution in [0.5, 0.6) is 0 Å². The number of rotatable bonds is 4. The maximum absolute atomic E-state index is 10.6. The maximum Gasteiger partial charge on any atom is 0.338 e. The Kier molecular flexibility index (Phi) is 3.08. The van der Waals surface area contributed by atoms with Crippen LogP contribution in [0.15, 0.2) is 32.7 Å². The van der Waals surface area contributed by atoms with Gasteiger partial charge in [0.1, 0.15) is 16.4 Å². The van der Waals surface area contributed by atoms with Crippen LogP contribution in [0.1, 0.15) is 16.1 Å². The molecule has 0 saturated carbocycles. The molecule has 0 saturated heterocycles. The molecule has 15 heavy (non-hydrogen) atoms. The van der Waals surface area contributed by atoms with Crippen molar-refractivity contribution < 1.29 is 14.3 Å². The molecule has 0 amide bonds. The van der Waals surface area contributed by atoms with Gasteiger partial charge in [-0.2, -0.15) is 0 Å². The Morgan fingerprint density at radius 3 is 3.13 bits per heavy atom. The molecule has 2 heterocycles. The lowest BCUT2D eigenvalue weighted by molar-refractivity contribution is 0.0696. The first kappa shape index (κ1) is 10.3. The van der Waals surface area contributed by atoms with E-state index in [0.717, 1.165) is 4.34 Å². The number of nitrogens with zero attached hydrogens (tertiary/aromatic N) is 1. The Morgan fingerprint density at radius 2 is 2.53 bits per heavy atom. The monoisotopic (exact) mass is 241 g/mol. The second-order valence-electron chi connectivity index (χ2n) is 2.69. The fraction of sp³-hybridized carbons (Fsp3) is 0.111. The summed E-state index contributed by atoms with van der Waals surface area (Å²) in [5.41, 5.74) is 0.185. The van der Waals surface area contributed by atoms with Gasteiger partial charge in [-0.3, -0.25) is 0 Å². The van der Waals surface area contributed by atoms with Gasteiger partial charge in [-0.05, 0) is 6.07 Å². The summed E-state index contributed by atoms with van der Waals surface area (Å²) >= 11 is 3.08. The van der Waals surface area contributed by atoms with Crippen molar-refractivity contribution in [3.8, 4) is 0 Å². The molecule has 2 rings (SSSR count). The zero-order valence-electron chi connectivity index (χ0n) is 7.54. The summed E-state index contributed by atoms with van der Waals surface area (Å²) in [5.74, 6) is 0.276. The minimum absolute atomic E-state index is 0.185. The summed E-state index contributed by atoms with van der Waals surface area (Å²) < 4.78 is 6.05. The Bertz CT molecular complexity index is 450. The third-order valence-corrected chi connectivity index (χ3v) is 3.64. The molecular weight excluding hydrogens is 234 g/mol. The van der Waals surface area contributed by atoms with Gasteiger partial charge in [0.15, 0.2) is 0 Å². The Morgan fingerprint density at radius 1 is 1.67 bits per heavy atom. The van der Waals surface area contributed by atoms with Gasteiger partial charge in [0.25, 0.3) is 0 Å². The van der Waals surface area contributed by atoms with Crippen LogP contribution in [-0.4, -0.2) is 16.1 Å². The van der Waals surface area contributed by atoms with Crippen molar-refractivity contribution in [1.82, 2.24) is 4.98 Å². The van der Waals surface area contributed by atoms with Gasteiger partial charge in [-0.1, -0.05) is 11.8 Å². The van der Waals surface area contributed by atoms with Crippen LogP contribution in [0.2, 0.25) is 0 Å². The van der Waals surface area contributed by atoms with Crippen LogP contribution < -0.4 is 0 Å². The van der Waals surface area contributed by atoms with Crippen molar-refractivity contribution in [1.29, 1.82) is 0 Å². The number of aromatic carboxylic acids is 1. The predicted octanol–water partition coefficient (Wildman–Crippen LogP) is 2.73. The first-order valence-electron chi connectivity index (χ1n) is 4.08. The molecule has 0 radical (unpaired) electrons. The zero-order valence-corrected chi connectivity index (χ0v) is 9.18.